The molecule has 0 spiro atoms. The number of anilines is 1. The van der Waals surface area contributed by atoms with Crippen LogP contribution >= 0.6 is 0 Å². The number of hydrogen-bond donors (Lipinski definition) is 1. The molecule has 0 atom stereocenters. The van der Waals surface area contributed by atoms with Gasteiger partial charge in [-0.15, -0.1) is 0 Å². The lowest BCUT2D eigenvalue weighted by Gasteiger charge is -2.09. The van der Waals surface area contributed by atoms with E-state index in [1.54, 1.807) is 6.20 Å². The molecule has 0 saturated heterocycles. The third-order valence-electron chi connectivity index (χ3n) is 4.07. The molecule has 3 aromatic rings. The zero-order chi connectivity index (χ0) is 17.8. The summed E-state index contributed by atoms with van der Waals surface area (Å²) in [5, 5.41) is 11.6. The Morgan fingerprint density at radius 3 is 2.56 bits per heavy atom. The van der Waals surface area contributed by atoms with E-state index in [1.807, 2.05) is 59.6 Å². The predicted molar refractivity (Wildman–Crippen MR) is 98.1 cm³/mol. The largest absolute Gasteiger partial charge is 0.307 e. The predicted octanol–water partition coefficient (Wildman–Crippen LogP) is 3.74. The fraction of sp³-hybridized carbons (Fsp3) is 0.316. The fourth-order valence-electron chi connectivity index (χ4n) is 2.76. The van der Waals surface area contributed by atoms with Crippen molar-refractivity contribution < 1.29 is 4.79 Å². The Bertz CT molecular complexity index is 860. The first-order valence-electron chi connectivity index (χ1n) is 8.55. The number of carbonyl (C=O) groups is 1. The van der Waals surface area contributed by atoms with Crippen molar-refractivity contribution in [2.45, 2.75) is 40.2 Å². The van der Waals surface area contributed by atoms with Gasteiger partial charge in [-0.3, -0.25) is 4.79 Å². The van der Waals surface area contributed by atoms with E-state index in [0.29, 0.717) is 5.56 Å². The van der Waals surface area contributed by atoms with Crippen molar-refractivity contribution in [3.63, 3.8) is 0 Å². The van der Waals surface area contributed by atoms with Crippen LogP contribution in [0.1, 0.15) is 41.5 Å². The Labute approximate surface area is 147 Å². The molecule has 3 rings (SSSR count). The molecular formula is C19H23N5O. The Hall–Kier alpha value is -2.89. The molecule has 2 heterocycles. The Morgan fingerprint density at radius 1 is 1.16 bits per heavy atom. The highest BCUT2D eigenvalue weighted by Gasteiger charge is 2.10. The minimum atomic E-state index is -0.141. The Morgan fingerprint density at radius 2 is 1.92 bits per heavy atom. The summed E-state index contributed by atoms with van der Waals surface area (Å²) < 4.78 is 3.70. The van der Waals surface area contributed by atoms with Gasteiger partial charge in [0, 0.05) is 23.9 Å². The second-order valence-corrected chi connectivity index (χ2v) is 6.13. The van der Waals surface area contributed by atoms with Gasteiger partial charge in [0.05, 0.1) is 17.6 Å². The van der Waals surface area contributed by atoms with Crippen LogP contribution in [0.25, 0.3) is 5.69 Å². The van der Waals surface area contributed by atoms with E-state index in [9.17, 15) is 4.79 Å². The summed E-state index contributed by atoms with van der Waals surface area (Å²) in [4.78, 5) is 12.5. The van der Waals surface area contributed by atoms with Crippen molar-refractivity contribution >= 4 is 11.7 Å². The SMILES string of the molecule is CCCCn1nccc1NC(=O)c1ccc(-n2nc(C)cc2C)cc1. The minimum absolute atomic E-state index is 0.141. The first-order chi connectivity index (χ1) is 12.1. The van der Waals surface area contributed by atoms with Gasteiger partial charge in [-0.05, 0) is 50.6 Å². The first kappa shape index (κ1) is 17.0. The maximum Gasteiger partial charge on any atom is 0.256 e. The van der Waals surface area contributed by atoms with Crippen LogP contribution in [0.4, 0.5) is 5.82 Å². The molecule has 0 aliphatic carbocycles. The molecule has 130 valence electrons. The van der Waals surface area contributed by atoms with E-state index < -0.39 is 0 Å². The summed E-state index contributed by atoms with van der Waals surface area (Å²) in [5.74, 6) is 0.583. The molecule has 2 aromatic heterocycles. The lowest BCUT2D eigenvalue weighted by Crippen LogP contribution is -2.16. The topological polar surface area (TPSA) is 64.7 Å². The molecule has 0 radical (unpaired) electrons. The van der Waals surface area contributed by atoms with Gasteiger partial charge in [0.2, 0.25) is 0 Å². The molecule has 6 nitrogen and oxygen atoms in total. The number of amides is 1. The number of aryl methyl sites for hydroxylation is 3. The zero-order valence-electron chi connectivity index (χ0n) is 14.9. The third kappa shape index (κ3) is 3.79. The van der Waals surface area contributed by atoms with Gasteiger partial charge in [0.25, 0.3) is 5.91 Å². The molecular weight excluding hydrogens is 314 g/mol. The number of hydrogen-bond acceptors (Lipinski definition) is 3. The first-order valence-corrected chi connectivity index (χ1v) is 8.55. The average Bonchev–Trinajstić information content (AvgIpc) is 3.18. The zero-order valence-corrected chi connectivity index (χ0v) is 14.9. The highest BCUT2D eigenvalue weighted by molar-refractivity contribution is 6.03. The van der Waals surface area contributed by atoms with Crippen LogP contribution in [-0.2, 0) is 6.54 Å². The van der Waals surface area contributed by atoms with E-state index in [-0.39, 0.29) is 5.91 Å². The second kappa shape index (κ2) is 7.34. The molecule has 0 bridgehead atoms. The summed E-state index contributed by atoms with van der Waals surface area (Å²) in [6.07, 6.45) is 3.82. The van der Waals surface area contributed by atoms with Crippen LogP contribution in [0.2, 0.25) is 0 Å². The van der Waals surface area contributed by atoms with Gasteiger partial charge in [-0.2, -0.15) is 10.2 Å². The van der Waals surface area contributed by atoms with Gasteiger partial charge in [-0.1, -0.05) is 13.3 Å². The number of rotatable bonds is 6. The molecule has 1 aromatic carbocycles. The van der Waals surface area contributed by atoms with Crippen molar-refractivity contribution in [2.75, 3.05) is 5.32 Å². The molecule has 0 fully saturated rings. The van der Waals surface area contributed by atoms with Crippen molar-refractivity contribution in [2.24, 2.45) is 0 Å². The summed E-state index contributed by atoms with van der Waals surface area (Å²) in [6.45, 7) is 6.91. The smallest absolute Gasteiger partial charge is 0.256 e. The molecule has 6 heteroatoms. The van der Waals surface area contributed by atoms with Crippen LogP contribution in [0.15, 0.2) is 42.6 Å². The minimum Gasteiger partial charge on any atom is -0.307 e. The molecule has 0 aliphatic heterocycles. The molecule has 0 unspecified atom stereocenters. The van der Waals surface area contributed by atoms with Crippen molar-refractivity contribution in [1.82, 2.24) is 19.6 Å². The van der Waals surface area contributed by atoms with E-state index in [2.05, 4.69) is 22.4 Å². The second-order valence-electron chi connectivity index (χ2n) is 6.13. The number of nitrogens with one attached hydrogen (secondary N) is 1. The van der Waals surface area contributed by atoms with Crippen LogP contribution in [0.3, 0.4) is 0 Å². The average molecular weight is 337 g/mol. The van der Waals surface area contributed by atoms with Crippen LogP contribution < -0.4 is 5.32 Å². The summed E-state index contributed by atoms with van der Waals surface area (Å²) in [7, 11) is 0. The van der Waals surface area contributed by atoms with Gasteiger partial charge in [0.15, 0.2) is 0 Å². The molecule has 1 N–H and O–H groups in total. The van der Waals surface area contributed by atoms with Crippen LogP contribution in [-0.4, -0.2) is 25.5 Å². The summed E-state index contributed by atoms with van der Waals surface area (Å²) >= 11 is 0. The van der Waals surface area contributed by atoms with E-state index in [0.717, 1.165) is 42.3 Å². The number of benzene rings is 1. The molecule has 0 aliphatic rings. The summed E-state index contributed by atoms with van der Waals surface area (Å²) in [5.41, 5.74) is 3.58. The monoisotopic (exact) mass is 337 g/mol. The fourth-order valence-corrected chi connectivity index (χ4v) is 2.76. The highest BCUT2D eigenvalue weighted by Crippen LogP contribution is 2.15. The summed E-state index contributed by atoms with van der Waals surface area (Å²) in [6, 6.07) is 11.3. The number of nitrogens with zero attached hydrogens (tertiary/aromatic N) is 4. The number of unbranched alkanes of at least 4 members (excludes halogenated alkanes) is 1. The van der Waals surface area contributed by atoms with E-state index >= 15 is 0 Å². The van der Waals surface area contributed by atoms with E-state index in [4.69, 9.17) is 0 Å². The Kier molecular flexibility index (Phi) is 4.97. The van der Waals surface area contributed by atoms with Gasteiger partial charge >= 0.3 is 0 Å². The normalized spacial score (nSPS) is 10.8. The van der Waals surface area contributed by atoms with Crippen LogP contribution in [0.5, 0.6) is 0 Å². The van der Waals surface area contributed by atoms with E-state index in [1.165, 1.54) is 0 Å². The quantitative estimate of drug-likeness (QED) is 0.745. The van der Waals surface area contributed by atoms with Crippen molar-refractivity contribution in [1.29, 1.82) is 0 Å². The lowest BCUT2D eigenvalue weighted by atomic mass is 10.2. The molecule has 25 heavy (non-hydrogen) atoms. The maximum atomic E-state index is 12.5. The van der Waals surface area contributed by atoms with Gasteiger partial charge < -0.3 is 5.32 Å². The highest BCUT2D eigenvalue weighted by atomic mass is 16.1. The van der Waals surface area contributed by atoms with Gasteiger partial charge in [-0.25, -0.2) is 9.36 Å². The lowest BCUT2D eigenvalue weighted by molar-refractivity contribution is 0.102. The van der Waals surface area contributed by atoms with Crippen molar-refractivity contribution in [3.8, 4) is 5.69 Å². The van der Waals surface area contributed by atoms with Crippen molar-refractivity contribution in [3.05, 3.63) is 59.5 Å². The molecule has 0 saturated carbocycles. The Balaban J connectivity index is 1.73. The van der Waals surface area contributed by atoms with Crippen LogP contribution in [0, 0.1) is 13.8 Å². The maximum absolute atomic E-state index is 12.5. The standard InChI is InChI=1S/C19H23N5O/c1-4-5-12-23-18(10-11-20-23)21-19(25)16-6-8-17(9-7-16)24-15(3)13-14(2)22-24/h6-11,13H,4-5,12H2,1-3H3,(H,21,25). The number of aromatic nitrogens is 4. The third-order valence-corrected chi connectivity index (χ3v) is 4.07. The molecule has 1 amide bonds. The number of carbonyl (C=O) groups excluding carboxylic acids is 1. The van der Waals surface area contributed by atoms with Gasteiger partial charge in [0.1, 0.15) is 5.82 Å².